The number of fused-ring (bicyclic) bond motifs is 2. The number of hydrogen-bond acceptors (Lipinski definition) is 3. The van der Waals surface area contributed by atoms with Gasteiger partial charge in [0, 0.05) is 19.6 Å². The van der Waals surface area contributed by atoms with Gasteiger partial charge in [0.05, 0.1) is 0 Å². The summed E-state index contributed by atoms with van der Waals surface area (Å²) in [6.45, 7) is 3.01. The highest BCUT2D eigenvalue weighted by atomic mass is 32.2. The average molecular weight is 289 g/mol. The lowest BCUT2D eigenvalue weighted by Crippen LogP contribution is -2.46. The first-order chi connectivity index (χ1) is 8.94. The average Bonchev–Trinajstić information content (AvgIpc) is 2.97. The molecule has 2 rings (SSSR count). The molecule has 0 aromatic heterocycles. The van der Waals surface area contributed by atoms with Crippen molar-refractivity contribution in [3.8, 4) is 0 Å². The zero-order valence-electron chi connectivity index (χ0n) is 12.0. The molecule has 0 spiro atoms. The molecule has 0 heterocycles. The van der Waals surface area contributed by atoms with Gasteiger partial charge >= 0.3 is 0 Å². The molecule has 4 unspecified atom stereocenters. The summed E-state index contributed by atoms with van der Waals surface area (Å²) in [5.41, 5.74) is 5.42. The SMILES string of the molecule is CC(NS(=O)(=O)N(C)CCCN)C1CC2CCC1C2. The molecule has 3 N–H and O–H groups in total. The monoisotopic (exact) mass is 289 g/mol. The molecule has 112 valence electrons. The van der Waals surface area contributed by atoms with E-state index in [1.807, 2.05) is 6.92 Å². The Hall–Kier alpha value is -0.170. The molecular formula is C13H27N3O2S. The minimum Gasteiger partial charge on any atom is -0.330 e. The third kappa shape index (κ3) is 3.48. The third-order valence-electron chi connectivity index (χ3n) is 4.86. The van der Waals surface area contributed by atoms with Crippen LogP contribution in [0.25, 0.3) is 0 Å². The van der Waals surface area contributed by atoms with Crippen LogP contribution in [0.2, 0.25) is 0 Å². The Labute approximate surface area is 117 Å². The van der Waals surface area contributed by atoms with Crippen LogP contribution < -0.4 is 10.5 Å². The van der Waals surface area contributed by atoms with E-state index in [0.29, 0.717) is 25.4 Å². The van der Waals surface area contributed by atoms with Gasteiger partial charge in [-0.15, -0.1) is 0 Å². The summed E-state index contributed by atoms with van der Waals surface area (Å²) in [6, 6.07) is 0.0422. The van der Waals surface area contributed by atoms with Gasteiger partial charge in [-0.05, 0) is 56.9 Å². The van der Waals surface area contributed by atoms with Crippen molar-refractivity contribution in [3.05, 3.63) is 0 Å². The first-order valence-electron chi connectivity index (χ1n) is 7.37. The first-order valence-corrected chi connectivity index (χ1v) is 8.81. The van der Waals surface area contributed by atoms with Crippen molar-refractivity contribution in [3.63, 3.8) is 0 Å². The van der Waals surface area contributed by atoms with Crippen LogP contribution in [0, 0.1) is 17.8 Å². The molecule has 0 aromatic carbocycles. The van der Waals surface area contributed by atoms with Crippen LogP contribution >= 0.6 is 0 Å². The van der Waals surface area contributed by atoms with Crippen LogP contribution in [0.3, 0.4) is 0 Å². The minimum atomic E-state index is -3.36. The maximum absolute atomic E-state index is 12.2. The predicted molar refractivity (Wildman–Crippen MR) is 76.8 cm³/mol. The second-order valence-electron chi connectivity index (χ2n) is 6.21. The van der Waals surface area contributed by atoms with Gasteiger partial charge in [0.1, 0.15) is 0 Å². The van der Waals surface area contributed by atoms with Crippen molar-refractivity contribution in [2.45, 2.75) is 45.1 Å². The normalized spacial score (nSPS) is 32.1. The summed E-state index contributed by atoms with van der Waals surface area (Å²) < 4.78 is 28.6. The van der Waals surface area contributed by atoms with Crippen molar-refractivity contribution in [2.24, 2.45) is 23.5 Å². The summed E-state index contributed by atoms with van der Waals surface area (Å²) >= 11 is 0. The van der Waals surface area contributed by atoms with Gasteiger partial charge in [-0.3, -0.25) is 0 Å². The molecular weight excluding hydrogens is 262 g/mol. The van der Waals surface area contributed by atoms with E-state index in [1.54, 1.807) is 7.05 Å². The molecule has 4 atom stereocenters. The molecule has 0 saturated heterocycles. The molecule has 2 saturated carbocycles. The van der Waals surface area contributed by atoms with Crippen LogP contribution in [-0.4, -0.2) is 38.9 Å². The molecule has 0 amide bonds. The molecule has 2 aliphatic carbocycles. The lowest BCUT2D eigenvalue weighted by molar-refractivity contribution is 0.277. The Balaban J connectivity index is 1.89. The summed E-state index contributed by atoms with van der Waals surface area (Å²) in [5.74, 6) is 2.10. The smallest absolute Gasteiger partial charge is 0.279 e. The molecule has 19 heavy (non-hydrogen) atoms. The molecule has 2 bridgehead atoms. The fraction of sp³-hybridized carbons (Fsp3) is 1.00. The van der Waals surface area contributed by atoms with Gasteiger partial charge in [-0.1, -0.05) is 6.42 Å². The fourth-order valence-corrected chi connectivity index (χ4v) is 4.95. The van der Waals surface area contributed by atoms with Crippen molar-refractivity contribution in [2.75, 3.05) is 20.1 Å². The topological polar surface area (TPSA) is 75.4 Å². The largest absolute Gasteiger partial charge is 0.330 e. The van der Waals surface area contributed by atoms with E-state index in [4.69, 9.17) is 5.73 Å². The lowest BCUT2D eigenvalue weighted by Gasteiger charge is -2.29. The summed E-state index contributed by atoms with van der Waals surface area (Å²) in [7, 11) is -1.74. The third-order valence-corrected chi connectivity index (χ3v) is 6.53. The summed E-state index contributed by atoms with van der Waals surface area (Å²) in [5, 5.41) is 0. The number of rotatable bonds is 7. The number of nitrogens with zero attached hydrogens (tertiary/aromatic N) is 1. The predicted octanol–water partition coefficient (Wildman–Crippen LogP) is 0.926. The van der Waals surface area contributed by atoms with E-state index in [2.05, 4.69) is 4.72 Å². The van der Waals surface area contributed by atoms with E-state index in [0.717, 1.165) is 11.8 Å². The molecule has 0 aliphatic heterocycles. The number of nitrogens with two attached hydrogens (primary N) is 1. The molecule has 6 heteroatoms. The van der Waals surface area contributed by atoms with E-state index in [1.165, 1.54) is 30.0 Å². The molecule has 2 aliphatic rings. The Bertz CT molecular complexity index is 399. The van der Waals surface area contributed by atoms with Gasteiger partial charge in [0.15, 0.2) is 0 Å². The van der Waals surface area contributed by atoms with Crippen LogP contribution in [0.15, 0.2) is 0 Å². The highest BCUT2D eigenvalue weighted by Gasteiger charge is 2.42. The molecule has 5 nitrogen and oxygen atoms in total. The van der Waals surface area contributed by atoms with Crippen LogP contribution in [-0.2, 0) is 10.2 Å². The number of nitrogens with one attached hydrogen (secondary N) is 1. The van der Waals surface area contributed by atoms with Crippen molar-refractivity contribution >= 4 is 10.2 Å². The highest BCUT2D eigenvalue weighted by Crippen LogP contribution is 2.49. The van der Waals surface area contributed by atoms with Gasteiger partial charge in [0.25, 0.3) is 10.2 Å². The fourth-order valence-electron chi connectivity index (χ4n) is 3.75. The molecule has 2 fully saturated rings. The van der Waals surface area contributed by atoms with E-state index in [-0.39, 0.29) is 6.04 Å². The van der Waals surface area contributed by atoms with E-state index < -0.39 is 10.2 Å². The van der Waals surface area contributed by atoms with Gasteiger partial charge in [-0.2, -0.15) is 17.4 Å². The van der Waals surface area contributed by atoms with Crippen LogP contribution in [0.1, 0.15) is 39.0 Å². The second kappa shape index (κ2) is 6.08. The Kier molecular flexibility index (Phi) is 4.87. The Morgan fingerprint density at radius 1 is 1.37 bits per heavy atom. The van der Waals surface area contributed by atoms with Crippen molar-refractivity contribution in [1.29, 1.82) is 0 Å². The Morgan fingerprint density at radius 2 is 2.11 bits per heavy atom. The number of hydrogen-bond donors (Lipinski definition) is 2. The molecule has 0 radical (unpaired) electrons. The zero-order valence-corrected chi connectivity index (χ0v) is 12.8. The Morgan fingerprint density at radius 3 is 2.63 bits per heavy atom. The van der Waals surface area contributed by atoms with Crippen molar-refractivity contribution in [1.82, 2.24) is 9.03 Å². The highest BCUT2D eigenvalue weighted by molar-refractivity contribution is 7.87. The summed E-state index contributed by atoms with van der Waals surface area (Å²) in [6.07, 6.45) is 5.82. The maximum atomic E-state index is 12.2. The van der Waals surface area contributed by atoms with E-state index in [9.17, 15) is 8.42 Å². The summed E-state index contributed by atoms with van der Waals surface area (Å²) in [4.78, 5) is 0. The lowest BCUT2D eigenvalue weighted by atomic mass is 9.84. The van der Waals surface area contributed by atoms with Gasteiger partial charge in [-0.25, -0.2) is 0 Å². The standard InChI is InChI=1S/C13H27N3O2S/c1-10(13-9-11-4-5-12(13)8-11)15-19(17,18)16(2)7-3-6-14/h10-13,15H,3-9,14H2,1-2H3. The van der Waals surface area contributed by atoms with Crippen molar-refractivity contribution < 1.29 is 8.42 Å². The maximum Gasteiger partial charge on any atom is 0.279 e. The minimum absolute atomic E-state index is 0.0422. The van der Waals surface area contributed by atoms with Crippen LogP contribution in [0.5, 0.6) is 0 Å². The van der Waals surface area contributed by atoms with Crippen LogP contribution in [0.4, 0.5) is 0 Å². The first kappa shape index (κ1) is 15.2. The van der Waals surface area contributed by atoms with Gasteiger partial charge in [0.2, 0.25) is 0 Å². The molecule has 0 aromatic rings. The van der Waals surface area contributed by atoms with Gasteiger partial charge < -0.3 is 5.73 Å². The zero-order chi connectivity index (χ0) is 14.0. The van der Waals surface area contributed by atoms with E-state index >= 15 is 0 Å². The quantitative estimate of drug-likeness (QED) is 0.732. The second-order valence-corrected chi connectivity index (χ2v) is 8.02.